The standard InChI is InChI=1S/C27H28F3N3O6/c1-18-3-9-22(39-18)15-33(14-19-4-10-23-24(13-19)38-17-37-23)25(34)16-32(11-12-36-2)26(35)31-21-7-5-20(6-8-21)27(28,29)30/h3-10,13H,11-12,14-17H2,1-2H3,(H,31,35). The van der Waals surface area contributed by atoms with Gasteiger partial charge in [0.1, 0.15) is 18.1 Å². The minimum absolute atomic E-state index is 0.0758. The summed E-state index contributed by atoms with van der Waals surface area (Å²) in [5, 5.41) is 2.55. The van der Waals surface area contributed by atoms with E-state index in [1.165, 1.54) is 12.0 Å². The minimum Gasteiger partial charge on any atom is -0.464 e. The van der Waals surface area contributed by atoms with Gasteiger partial charge in [-0.3, -0.25) is 4.79 Å². The summed E-state index contributed by atoms with van der Waals surface area (Å²) >= 11 is 0. The highest BCUT2D eigenvalue weighted by Gasteiger charge is 2.30. The van der Waals surface area contributed by atoms with Crippen LogP contribution in [0.4, 0.5) is 23.7 Å². The van der Waals surface area contributed by atoms with Crippen molar-refractivity contribution in [3.63, 3.8) is 0 Å². The lowest BCUT2D eigenvalue weighted by atomic mass is 10.2. The monoisotopic (exact) mass is 547 g/mol. The van der Waals surface area contributed by atoms with Crippen molar-refractivity contribution in [3.05, 3.63) is 77.2 Å². The number of anilines is 1. The Balaban J connectivity index is 1.49. The molecule has 0 atom stereocenters. The second kappa shape index (κ2) is 12.1. The molecule has 0 bridgehead atoms. The van der Waals surface area contributed by atoms with E-state index in [1.54, 1.807) is 36.1 Å². The molecule has 2 heterocycles. The molecule has 0 saturated carbocycles. The Bertz CT molecular complexity index is 1290. The number of halogens is 3. The molecule has 4 rings (SSSR count). The fourth-order valence-corrected chi connectivity index (χ4v) is 3.91. The van der Waals surface area contributed by atoms with E-state index in [2.05, 4.69) is 5.32 Å². The summed E-state index contributed by atoms with van der Waals surface area (Å²) in [5.41, 5.74) is 0.110. The molecule has 0 spiro atoms. The van der Waals surface area contributed by atoms with Crippen LogP contribution >= 0.6 is 0 Å². The number of furan rings is 1. The van der Waals surface area contributed by atoms with E-state index in [1.807, 2.05) is 6.07 Å². The van der Waals surface area contributed by atoms with Gasteiger partial charge < -0.3 is 33.7 Å². The first-order chi connectivity index (χ1) is 18.6. The number of benzene rings is 2. The molecule has 0 radical (unpaired) electrons. The predicted octanol–water partition coefficient (Wildman–Crippen LogP) is 5.04. The molecule has 1 N–H and O–H groups in total. The largest absolute Gasteiger partial charge is 0.464 e. The Morgan fingerprint density at radius 1 is 0.974 bits per heavy atom. The third-order valence-electron chi connectivity index (χ3n) is 5.95. The quantitative estimate of drug-likeness (QED) is 0.382. The maximum Gasteiger partial charge on any atom is 0.416 e. The van der Waals surface area contributed by atoms with Crippen molar-refractivity contribution in [2.75, 3.05) is 38.9 Å². The van der Waals surface area contributed by atoms with Gasteiger partial charge in [-0.05, 0) is 61.0 Å². The van der Waals surface area contributed by atoms with Crippen LogP contribution in [0.25, 0.3) is 0 Å². The average Bonchev–Trinajstić information content (AvgIpc) is 3.53. The summed E-state index contributed by atoms with van der Waals surface area (Å²) in [7, 11) is 1.46. The Morgan fingerprint density at radius 2 is 1.72 bits per heavy atom. The lowest BCUT2D eigenvalue weighted by Gasteiger charge is -2.27. The number of ether oxygens (including phenoxy) is 3. The molecule has 1 aromatic heterocycles. The highest BCUT2D eigenvalue weighted by Crippen LogP contribution is 2.33. The van der Waals surface area contributed by atoms with Crippen LogP contribution in [0.5, 0.6) is 11.5 Å². The summed E-state index contributed by atoms with van der Waals surface area (Å²) in [5.74, 6) is 2.08. The molecule has 0 unspecified atom stereocenters. The lowest BCUT2D eigenvalue weighted by molar-refractivity contribution is -0.137. The lowest BCUT2D eigenvalue weighted by Crippen LogP contribution is -2.45. The van der Waals surface area contributed by atoms with Crippen LogP contribution in [0, 0.1) is 6.92 Å². The molecule has 208 valence electrons. The number of nitrogens with zero attached hydrogens (tertiary/aromatic N) is 2. The summed E-state index contributed by atoms with van der Waals surface area (Å²) < 4.78 is 60.2. The van der Waals surface area contributed by atoms with Crippen molar-refractivity contribution in [2.24, 2.45) is 0 Å². The van der Waals surface area contributed by atoms with Crippen molar-refractivity contribution >= 4 is 17.6 Å². The maximum absolute atomic E-state index is 13.5. The van der Waals surface area contributed by atoms with E-state index in [4.69, 9.17) is 18.6 Å². The van der Waals surface area contributed by atoms with E-state index < -0.39 is 17.8 Å². The number of urea groups is 1. The topological polar surface area (TPSA) is 93.5 Å². The van der Waals surface area contributed by atoms with E-state index >= 15 is 0 Å². The maximum atomic E-state index is 13.5. The molecule has 1 aliphatic heterocycles. The van der Waals surface area contributed by atoms with Gasteiger partial charge in [0.15, 0.2) is 11.5 Å². The number of hydrogen-bond donors (Lipinski definition) is 1. The first-order valence-electron chi connectivity index (χ1n) is 12.1. The van der Waals surface area contributed by atoms with Crippen LogP contribution in [0.1, 0.15) is 22.6 Å². The average molecular weight is 548 g/mol. The van der Waals surface area contributed by atoms with E-state index in [9.17, 15) is 22.8 Å². The number of carbonyl (C=O) groups excluding carboxylic acids is 2. The second-order valence-electron chi connectivity index (χ2n) is 8.87. The number of carbonyl (C=O) groups is 2. The van der Waals surface area contributed by atoms with Crippen molar-refractivity contribution in [1.29, 1.82) is 0 Å². The Kier molecular flexibility index (Phi) is 8.65. The number of rotatable bonds is 10. The van der Waals surface area contributed by atoms with Crippen LogP contribution in [0.2, 0.25) is 0 Å². The van der Waals surface area contributed by atoms with Crippen LogP contribution in [-0.4, -0.2) is 55.3 Å². The Labute approximate surface area is 223 Å². The molecule has 9 nitrogen and oxygen atoms in total. The van der Waals surface area contributed by atoms with Crippen molar-refractivity contribution < 1.29 is 41.4 Å². The number of nitrogens with one attached hydrogen (secondary N) is 1. The fraction of sp³-hybridized carbons (Fsp3) is 0.333. The van der Waals surface area contributed by atoms with Gasteiger partial charge in [0, 0.05) is 25.9 Å². The van der Waals surface area contributed by atoms with Gasteiger partial charge in [-0.1, -0.05) is 6.07 Å². The van der Waals surface area contributed by atoms with E-state index in [-0.39, 0.29) is 51.2 Å². The van der Waals surface area contributed by atoms with Gasteiger partial charge in [-0.25, -0.2) is 4.79 Å². The van der Waals surface area contributed by atoms with Crippen molar-refractivity contribution in [2.45, 2.75) is 26.2 Å². The number of fused-ring (bicyclic) bond motifs is 1. The highest BCUT2D eigenvalue weighted by molar-refractivity contribution is 5.92. The Morgan fingerprint density at radius 3 is 2.38 bits per heavy atom. The third kappa shape index (κ3) is 7.44. The molecule has 3 aromatic rings. The van der Waals surface area contributed by atoms with Crippen LogP contribution < -0.4 is 14.8 Å². The molecular weight excluding hydrogens is 519 g/mol. The zero-order chi connectivity index (χ0) is 28.0. The molecule has 0 saturated heterocycles. The number of alkyl halides is 3. The van der Waals surface area contributed by atoms with Gasteiger partial charge in [0.25, 0.3) is 0 Å². The van der Waals surface area contributed by atoms with Crippen LogP contribution in [0.3, 0.4) is 0 Å². The minimum atomic E-state index is -4.49. The summed E-state index contributed by atoms with van der Waals surface area (Å²) in [6, 6.07) is 12.3. The molecule has 2 aromatic carbocycles. The number of aryl methyl sites for hydroxylation is 1. The molecule has 12 heteroatoms. The number of hydrogen-bond acceptors (Lipinski definition) is 6. The van der Waals surface area contributed by atoms with E-state index in [0.717, 1.165) is 29.8 Å². The fourth-order valence-electron chi connectivity index (χ4n) is 3.91. The van der Waals surface area contributed by atoms with Crippen LogP contribution in [-0.2, 0) is 28.8 Å². The van der Waals surface area contributed by atoms with Crippen molar-refractivity contribution in [3.8, 4) is 11.5 Å². The number of amides is 3. The summed E-state index contributed by atoms with van der Waals surface area (Å²) in [6.45, 7) is 2.19. The first kappa shape index (κ1) is 27.8. The molecule has 0 aliphatic carbocycles. The zero-order valence-corrected chi connectivity index (χ0v) is 21.4. The summed E-state index contributed by atoms with van der Waals surface area (Å²) in [4.78, 5) is 29.3. The van der Waals surface area contributed by atoms with Gasteiger partial charge in [-0.15, -0.1) is 0 Å². The predicted molar refractivity (Wildman–Crippen MR) is 134 cm³/mol. The SMILES string of the molecule is COCCN(CC(=O)N(Cc1ccc2c(c1)OCO2)Cc1ccc(C)o1)C(=O)Nc1ccc(C(F)(F)F)cc1. The van der Waals surface area contributed by atoms with Gasteiger partial charge >= 0.3 is 12.2 Å². The molecule has 39 heavy (non-hydrogen) atoms. The van der Waals surface area contributed by atoms with Gasteiger partial charge in [0.05, 0.1) is 18.7 Å². The first-order valence-corrected chi connectivity index (χ1v) is 12.1. The number of methoxy groups -OCH3 is 1. The zero-order valence-electron chi connectivity index (χ0n) is 21.4. The third-order valence-corrected chi connectivity index (χ3v) is 5.95. The van der Waals surface area contributed by atoms with Crippen LogP contribution in [0.15, 0.2) is 59.0 Å². The molecular formula is C27H28F3N3O6. The second-order valence-corrected chi connectivity index (χ2v) is 8.87. The van der Waals surface area contributed by atoms with Gasteiger partial charge in [-0.2, -0.15) is 13.2 Å². The molecule has 1 aliphatic rings. The normalized spacial score (nSPS) is 12.3. The molecule has 0 fully saturated rings. The van der Waals surface area contributed by atoms with Crippen molar-refractivity contribution in [1.82, 2.24) is 9.80 Å². The van der Waals surface area contributed by atoms with Gasteiger partial charge in [0.2, 0.25) is 12.7 Å². The smallest absolute Gasteiger partial charge is 0.416 e. The summed E-state index contributed by atoms with van der Waals surface area (Å²) in [6.07, 6.45) is -4.49. The van der Waals surface area contributed by atoms with E-state index in [0.29, 0.717) is 23.0 Å². The Hall–Kier alpha value is -4.19. The highest BCUT2D eigenvalue weighted by atomic mass is 19.4. The molecule has 3 amide bonds.